The Morgan fingerprint density at radius 3 is 2.88 bits per heavy atom. The summed E-state index contributed by atoms with van der Waals surface area (Å²) in [6, 6.07) is 2.14. The van der Waals surface area contributed by atoms with E-state index in [-0.39, 0.29) is 28.8 Å². The smallest absolute Gasteiger partial charge is 0.353 e. The molecule has 2 amide bonds. The van der Waals surface area contributed by atoms with Crippen LogP contribution in [0.25, 0.3) is 0 Å². The van der Waals surface area contributed by atoms with E-state index in [2.05, 4.69) is 15.5 Å². The van der Waals surface area contributed by atoms with E-state index in [1.165, 1.54) is 23.8 Å². The van der Waals surface area contributed by atoms with Crippen LogP contribution in [0.2, 0.25) is 0 Å². The Labute approximate surface area is 202 Å². The normalized spacial score (nSPS) is 19.9. The Morgan fingerprint density at radius 2 is 2.24 bits per heavy atom. The minimum absolute atomic E-state index is 0.0925. The van der Waals surface area contributed by atoms with Gasteiger partial charge in [0.2, 0.25) is 6.20 Å². The molecule has 0 aromatic carbocycles. The molecule has 0 saturated carbocycles. The zero-order valence-electron chi connectivity index (χ0n) is 18.1. The number of thioether (sulfide) groups is 1. The number of hydrogen-bond donors (Lipinski definition) is 3. The summed E-state index contributed by atoms with van der Waals surface area (Å²) >= 11 is 2.46. The van der Waals surface area contributed by atoms with Gasteiger partial charge in [0, 0.05) is 17.2 Å². The van der Waals surface area contributed by atoms with Gasteiger partial charge in [0.25, 0.3) is 11.8 Å². The number of rotatable bonds is 8. The van der Waals surface area contributed by atoms with Crippen molar-refractivity contribution in [3.05, 3.63) is 46.2 Å². The summed E-state index contributed by atoms with van der Waals surface area (Å²) in [4.78, 5) is 48.4. The number of oxime groups is 1. The number of amides is 2. The van der Waals surface area contributed by atoms with Crippen molar-refractivity contribution < 1.29 is 33.6 Å². The molecule has 2 aromatic heterocycles. The van der Waals surface area contributed by atoms with Crippen LogP contribution in [0.15, 0.2) is 45.7 Å². The number of anilines is 1. The van der Waals surface area contributed by atoms with Crippen molar-refractivity contribution in [2.24, 2.45) is 5.16 Å². The number of carbonyl (C=O) groups is 3. The summed E-state index contributed by atoms with van der Waals surface area (Å²) < 4.78 is 6.99. The Hall–Kier alpha value is -3.65. The third kappa shape index (κ3) is 4.41. The summed E-state index contributed by atoms with van der Waals surface area (Å²) in [7, 11) is 2.82. The van der Waals surface area contributed by atoms with Crippen molar-refractivity contribution in [2.75, 3.05) is 25.7 Å². The predicted octanol–water partition coefficient (Wildman–Crippen LogP) is -0.189. The van der Waals surface area contributed by atoms with Gasteiger partial charge >= 0.3 is 5.97 Å². The molecule has 4 N–H and O–H groups in total. The molecule has 2 aliphatic heterocycles. The lowest BCUT2D eigenvalue weighted by Crippen LogP contribution is -2.73. The highest BCUT2D eigenvalue weighted by atomic mass is 32.2. The van der Waals surface area contributed by atoms with E-state index in [0.29, 0.717) is 16.4 Å². The fraction of sp³-hybridized carbons (Fsp3) is 0.300. The minimum Gasteiger partial charge on any atom is -0.491 e. The number of methoxy groups -OCH3 is 1. The first-order valence-electron chi connectivity index (χ1n) is 9.92. The van der Waals surface area contributed by atoms with Crippen molar-refractivity contribution in [3.8, 4) is 5.75 Å². The van der Waals surface area contributed by atoms with Gasteiger partial charge in [-0.25, -0.2) is 9.78 Å². The fourth-order valence-corrected chi connectivity index (χ4v) is 5.49. The number of nitrogen functional groups attached to an aromatic ring is 1. The molecule has 1 saturated heterocycles. The molecule has 4 rings (SSSR count). The monoisotopic (exact) mass is 505 g/mol. The van der Waals surface area contributed by atoms with Crippen LogP contribution >= 0.6 is 23.1 Å². The molecular formula is C20H21N6O6S2+. The minimum atomic E-state index is -1.21. The van der Waals surface area contributed by atoms with Crippen molar-refractivity contribution >= 4 is 51.7 Å². The lowest BCUT2D eigenvalue weighted by atomic mass is 9.94. The van der Waals surface area contributed by atoms with E-state index < -0.39 is 29.9 Å². The van der Waals surface area contributed by atoms with Gasteiger partial charge in [-0.15, -0.1) is 23.1 Å². The molecule has 1 fully saturated rings. The largest absolute Gasteiger partial charge is 0.491 e. The maximum atomic E-state index is 12.9. The topological polar surface area (TPSA) is 160 Å². The number of carbonyl (C=O) groups excluding carboxylic acids is 2. The van der Waals surface area contributed by atoms with Crippen LogP contribution < -0.4 is 20.4 Å². The van der Waals surface area contributed by atoms with Crippen LogP contribution in [0, 0.1) is 0 Å². The van der Waals surface area contributed by atoms with Crippen LogP contribution in [0.1, 0.15) is 5.69 Å². The second kappa shape index (κ2) is 9.69. The maximum Gasteiger partial charge on any atom is 0.353 e. The summed E-state index contributed by atoms with van der Waals surface area (Å²) in [5, 5.41) is 18.0. The number of fused-ring (bicyclic) bond motifs is 1. The third-order valence-corrected chi connectivity index (χ3v) is 7.05. The van der Waals surface area contributed by atoms with Gasteiger partial charge in [0.1, 0.15) is 24.5 Å². The number of β-lactam (4-membered cyclic amide) rings is 1. The molecule has 2 aliphatic rings. The number of hydrogen-bond acceptors (Lipinski definition) is 10. The number of allylic oxidation sites excluding steroid dienone is 1. The van der Waals surface area contributed by atoms with Gasteiger partial charge in [-0.2, -0.15) is 4.57 Å². The van der Waals surface area contributed by atoms with E-state index >= 15 is 0 Å². The number of ether oxygens (including phenoxy) is 1. The predicted molar refractivity (Wildman–Crippen MR) is 123 cm³/mol. The molecule has 2 unspecified atom stereocenters. The molecule has 0 spiro atoms. The first kappa shape index (κ1) is 23.5. The first-order chi connectivity index (χ1) is 16.3. The molecule has 2 atom stereocenters. The maximum absolute atomic E-state index is 12.9. The fourth-order valence-electron chi connectivity index (χ4n) is 3.67. The molecule has 0 aliphatic carbocycles. The molecule has 4 heterocycles. The average Bonchev–Trinajstić information content (AvgIpc) is 3.26. The number of pyridine rings is 1. The van der Waals surface area contributed by atoms with Gasteiger partial charge < -0.3 is 25.7 Å². The van der Waals surface area contributed by atoms with Crippen molar-refractivity contribution in [1.82, 2.24) is 15.2 Å². The standard InChI is InChI=1S/C20H20N6O6S2/c1-31-10-4-3-5-25(6-10)7-13-16(19(29)30)26-12(9-33-13)15(18(26)28)23-17(27)14(24-32-2)11-8-34-20(21)22-11/h3-6,8,12,15H,7,9H2,1-2H3,(H3-,21,22,23,27,29,30)/p+1. The van der Waals surface area contributed by atoms with Gasteiger partial charge in [0.15, 0.2) is 29.3 Å². The zero-order valence-corrected chi connectivity index (χ0v) is 19.8. The lowest BCUT2D eigenvalue weighted by molar-refractivity contribution is -0.688. The Kier molecular flexibility index (Phi) is 6.70. The number of carboxylic acid groups (broad SMARTS) is 1. The highest BCUT2D eigenvalue weighted by Gasteiger charge is 2.54. The number of nitrogens with zero attached hydrogens (tertiary/aromatic N) is 4. The summed E-state index contributed by atoms with van der Waals surface area (Å²) in [5.74, 6) is -1.37. The Morgan fingerprint density at radius 1 is 1.44 bits per heavy atom. The summed E-state index contributed by atoms with van der Waals surface area (Å²) in [6.07, 6.45) is 3.52. The molecular weight excluding hydrogens is 484 g/mol. The van der Waals surface area contributed by atoms with E-state index in [1.807, 2.05) is 0 Å². The Bertz CT molecular complexity index is 1210. The summed E-state index contributed by atoms with van der Waals surface area (Å²) in [6.45, 7) is 0.257. The van der Waals surface area contributed by atoms with Crippen LogP contribution in [-0.2, 0) is 25.8 Å². The molecule has 0 radical (unpaired) electrons. The van der Waals surface area contributed by atoms with Crippen molar-refractivity contribution in [3.63, 3.8) is 0 Å². The number of aromatic nitrogens is 2. The Balaban J connectivity index is 1.53. The SMILES string of the molecule is CON=C(C(=O)NC1C(=O)N2C(C(=O)O)=C(C[n+]3cccc(OC)c3)SCC12)c1csc(N)n1. The van der Waals surface area contributed by atoms with Crippen LogP contribution in [0.3, 0.4) is 0 Å². The van der Waals surface area contributed by atoms with Crippen LogP contribution in [-0.4, -0.2) is 70.5 Å². The highest BCUT2D eigenvalue weighted by molar-refractivity contribution is 8.03. The number of thiazole rings is 1. The van der Waals surface area contributed by atoms with Gasteiger partial charge in [-0.3, -0.25) is 14.5 Å². The van der Waals surface area contributed by atoms with E-state index in [4.69, 9.17) is 15.3 Å². The number of carboxylic acids is 1. The molecule has 0 bridgehead atoms. The van der Waals surface area contributed by atoms with E-state index in [1.54, 1.807) is 41.6 Å². The van der Waals surface area contributed by atoms with Crippen molar-refractivity contribution in [1.29, 1.82) is 0 Å². The molecule has 34 heavy (non-hydrogen) atoms. The second-order valence-electron chi connectivity index (χ2n) is 7.22. The van der Waals surface area contributed by atoms with Crippen LogP contribution in [0.4, 0.5) is 5.13 Å². The van der Waals surface area contributed by atoms with Crippen molar-refractivity contribution in [2.45, 2.75) is 18.6 Å². The number of nitrogens with two attached hydrogens (primary N) is 1. The second-order valence-corrected chi connectivity index (χ2v) is 9.23. The highest BCUT2D eigenvalue weighted by Crippen LogP contribution is 2.39. The first-order valence-corrected chi connectivity index (χ1v) is 11.8. The van der Waals surface area contributed by atoms with Gasteiger partial charge in [-0.1, -0.05) is 5.16 Å². The number of aliphatic carboxylic acids is 1. The summed E-state index contributed by atoms with van der Waals surface area (Å²) in [5.41, 5.74) is 5.63. The van der Waals surface area contributed by atoms with E-state index in [0.717, 1.165) is 11.3 Å². The van der Waals surface area contributed by atoms with Gasteiger partial charge in [-0.05, 0) is 6.07 Å². The molecule has 12 nitrogen and oxygen atoms in total. The zero-order chi connectivity index (χ0) is 24.4. The van der Waals surface area contributed by atoms with Gasteiger partial charge in [0.05, 0.1) is 18.1 Å². The van der Waals surface area contributed by atoms with E-state index in [9.17, 15) is 19.5 Å². The number of nitrogens with one attached hydrogen (secondary N) is 1. The average molecular weight is 506 g/mol. The lowest BCUT2D eigenvalue weighted by Gasteiger charge is -2.49. The molecule has 14 heteroatoms. The molecule has 2 aromatic rings. The molecule has 178 valence electrons. The third-order valence-electron chi connectivity index (χ3n) is 5.20. The quantitative estimate of drug-likeness (QED) is 0.191. The van der Waals surface area contributed by atoms with Crippen LogP contribution in [0.5, 0.6) is 5.75 Å².